The lowest BCUT2D eigenvalue weighted by molar-refractivity contribution is -0.113. The Bertz CT molecular complexity index is 1360. The third-order valence-corrected chi connectivity index (χ3v) is 6.70. The molecule has 32 heavy (non-hydrogen) atoms. The summed E-state index contributed by atoms with van der Waals surface area (Å²) in [7, 11) is 0. The first-order valence-corrected chi connectivity index (χ1v) is 11.6. The minimum Gasteiger partial charge on any atom is -0.467 e. The molecule has 1 N–H and O–H groups in total. The van der Waals surface area contributed by atoms with Gasteiger partial charge in [0.05, 0.1) is 22.2 Å². The maximum absolute atomic E-state index is 12.4. The van der Waals surface area contributed by atoms with E-state index in [9.17, 15) is 4.79 Å². The van der Waals surface area contributed by atoms with Gasteiger partial charge in [0, 0.05) is 11.3 Å². The molecule has 0 aliphatic rings. The number of anilines is 1. The molecule has 0 fully saturated rings. The van der Waals surface area contributed by atoms with Crippen molar-refractivity contribution in [1.82, 2.24) is 25.2 Å². The van der Waals surface area contributed by atoms with E-state index in [0.717, 1.165) is 27.5 Å². The van der Waals surface area contributed by atoms with Gasteiger partial charge < -0.3 is 9.73 Å². The minimum absolute atomic E-state index is 0.134. The molecule has 0 bridgehead atoms. The van der Waals surface area contributed by atoms with Crippen LogP contribution in [0.1, 0.15) is 11.3 Å². The number of carbonyl (C=O) groups excluding carboxylic acids is 1. The van der Waals surface area contributed by atoms with Gasteiger partial charge in [-0.3, -0.25) is 4.79 Å². The van der Waals surface area contributed by atoms with Gasteiger partial charge in [0.1, 0.15) is 17.3 Å². The monoisotopic (exact) mass is 462 g/mol. The van der Waals surface area contributed by atoms with Crippen molar-refractivity contribution in [3.05, 3.63) is 72.2 Å². The van der Waals surface area contributed by atoms with Crippen LogP contribution in [0.4, 0.5) is 5.69 Å². The molecule has 0 spiro atoms. The molecule has 3 heterocycles. The predicted molar refractivity (Wildman–Crippen MR) is 125 cm³/mol. The van der Waals surface area contributed by atoms with Gasteiger partial charge in [-0.05, 0) is 71.4 Å². The number of aryl methyl sites for hydroxylation is 1. The van der Waals surface area contributed by atoms with E-state index < -0.39 is 0 Å². The number of hydrogen-bond acceptors (Lipinski definition) is 8. The molecule has 8 nitrogen and oxygen atoms in total. The van der Waals surface area contributed by atoms with Crippen LogP contribution in [0.15, 0.2) is 70.4 Å². The van der Waals surface area contributed by atoms with Crippen LogP contribution >= 0.6 is 23.1 Å². The van der Waals surface area contributed by atoms with Gasteiger partial charge in [-0.2, -0.15) is 0 Å². The largest absolute Gasteiger partial charge is 0.467 e. The number of nitrogens with one attached hydrogen (secondary N) is 1. The van der Waals surface area contributed by atoms with E-state index in [1.807, 2.05) is 42.5 Å². The molecule has 0 unspecified atom stereocenters. The quantitative estimate of drug-likeness (QED) is 0.352. The van der Waals surface area contributed by atoms with Crippen molar-refractivity contribution in [2.75, 3.05) is 11.1 Å². The summed E-state index contributed by atoms with van der Waals surface area (Å²) in [5.74, 6) is 0.801. The van der Waals surface area contributed by atoms with Gasteiger partial charge in [-0.1, -0.05) is 17.8 Å². The van der Waals surface area contributed by atoms with Crippen molar-refractivity contribution in [2.24, 2.45) is 0 Å². The lowest BCUT2D eigenvalue weighted by Gasteiger charge is -2.06. The average Bonchev–Trinajstić information content (AvgIpc) is 3.54. The number of hydrogen-bond donors (Lipinski definition) is 1. The van der Waals surface area contributed by atoms with Crippen LogP contribution in [0, 0.1) is 6.92 Å². The summed E-state index contributed by atoms with van der Waals surface area (Å²) in [6.45, 7) is 2.49. The van der Waals surface area contributed by atoms with E-state index in [4.69, 9.17) is 9.40 Å². The average molecular weight is 463 g/mol. The summed E-state index contributed by atoms with van der Waals surface area (Å²) in [6, 6.07) is 17.6. The van der Waals surface area contributed by atoms with Crippen molar-refractivity contribution in [1.29, 1.82) is 0 Å². The molecular formula is C22H18N6O2S2. The second-order valence-corrected chi connectivity index (χ2v) is 9.08. The number of furan rings is 1. The summed E-state index contributed by atoms with van der Waals surface area (Å²) < 4.78 is 8.09. The molecule has 1 amide bonds. The number of nitrogens with zero attached hydrogens (tertiary/aromatic N) is 5. The predicted octanol–water partition coefficient (Wildman–Crippen LogP) is 4.63. The highest BCUT2D eigenvalue weighted by Gasteiger charge is 2.12. The molecular weight excluding hydrogens is 444 g/mol. The normalized spacial score (nSPS) is 11.2. The van der Waals surface area contributed by atoms with E-state index in [1.165, 1.54) is 22.0 Å². The Morgan fingerprint density at radius 3 is 2.88 bits per heavy atom. The van der Waals surface area contributed by atoms with Crippen molar-refractivity contribution in [3.8, 4) is 10.6 Å². The molecule has 3 aromatic heterocycles. The number of fused-ring (bicyclic) bond motifs is 1. The smallest absolute Gasteiger partial charge is 0.234 e. The van der Waals surface area contributed by atoms with Crippen LogP contribution in [0.3, 0.4) is 0 Å². The number of aromatic nitrogens is 5. The fraction of sp³-hybridized carbons (Fsp3) is 0.136. The SMILES string of the molecule is Cc1ccc2nc(-c3ccc(NC(=O)CSc4nnnn4Cc4ccco4)cc3)sc2c1. The van der Waals surface area contributed by atoms with Crippen LogP contribution in [0.25, 0.3) is 20.8 Å². The number of thiazole rings is 1. The zero-order valence-electron chi connectivity index (χ0n) is 17.1. The van der Waals surface area contributed by atoms with E-state index in [-0.39, 0.29) is 11.7 Å². The fourth-order valence-corrected chi connectivity index (χ4v) is 4.87. The molecule has 10 heteroatoms. The van der Waals surface area contributed by atoms with Crippen LogP contribution < -0.4 is 5.32 Å². The van der Waals surface area contributed by atoms with Crippen LogP contribution in [0.2, 0.25) is 0 Å². The van der Waals surface area contributed by atoms with Crippen molar-refractivity contribution in [3.63, 3.8) is 0 Å². The lowest BCUT2D eigenvalue weighted by Crippen LogP contribution is -2.14. The standard InChI is InChI=1S/C22H18N6O2S2/c1-14-4-9-18-19(11-14)32-21(24-18)15-5-7-16(8-6-15)23-20(29)13-31-22-25-26-27-28(22)12-17-3-2-10-30-17/h2-11H,12-13H2,1H3,(H,23,29). The maximum atomic E-state index is 12.4. The number of thioether (sulfide) groups is 1. The Hall–Kier alpha value is -3.50. The zero-order chi connectivity index (χ0) is 21.9. The Morgan fingerprint density at radius 1 is 1.19 bits per heavy atom. The van der Waals surface area contributed by atoms with Gasteiger partial charge in [-0.25, -0.2) is 9.67 Å². The second-order valence-electron chi connectivity index (χ2n) is 7.10. The molecule has 160 valence electrons. The molecule has 5 aromatic rings. The molecule has 0 radical (unpaired) electrons. The summed E-state index contributed by atoms with van der Waals surface area (Å²) in [6.07, 6.45) is 1.60. The van der Waals surface area contributed by atoms with E-state index in [1.54, 1.807) is 22.3 Å². The van der Waals surface area contributed by atoms with E-state index in [0.29, 0.717) is 11.7 Å². The molecule has 0 aliphatic heterocycles. The first-order valence-electron chi connectivity index (χ1n) is 9.83. The lowest BCUT2D eigenvalue weighted by atomic mass is 10.2. The molecule has 0 aliphatic carbocycles. The Kier molecular flexibility index (Phi) is 5.70. The first kappa shape index (κ1) is 20.4. The van der Waals surface area contributed by atoms with Crippen molar-refractivity contribution < 1.29 is 9.21 Å². The Balaban J connectivity index is 1.19. The number of tetrazole rings is 1. The maximum Gasteiger partial charge on any atom is 0.234 e. The first-order chi connectivity index (χ1) is 15.6. The molecule has 0 saturated carbocycles. The Morgan fingerprint density at radius 2 is 2.06 bits per heavy atom. The van der Waals surface area contributed by atoms with Gasteiger partial charge in [0.2, 0.25) is 11.1 Å². The highest BCUT2D eigenvalue weighted by atomic mass is 32.2. The summed E-state index contributed by atoms with van der Waals surface area (Å²) in [5, 5.41) is 16.0. The van der Waals surface area contributed by atoms with Gasteiger partial charge in [-0.15, -0.1) is 16.4 Å². The third-order valence-electron chi connectivity index (χ3n) is 4.68. The second kappa shape index (κ2) is 8.93. The van der Waals surface area contributed by atoms with Gasteiger partial charge >= 0.3 is 0 Å². The topological polar surface area (TPSA) is 98.7 Å². The number of carbonyl (C=O) groups is 1. The van der Waals surface area contributed by atoms with E-state index in [2.05, 4.69) is 39.9 Å². The van der Waals surface area contributed by atoms with Gasteiger partial charge in [0.25, 0.3) is 0 Å². The minimum atomic E-state index is -0.134. The number of benzene rings is 2. The van der Waals surface area contributed by atoms with Gasteiger partial charge in [0.15, 0.2) is 0 Å². The Labute approximate surface area is 191 Å². The highest BCUT2D eigenvalue weighted by Crippen LogP contribution is 2.31. The zero-order valence-corrected chi connectivity index (χ0v) is 18.7. The van der Waals surface area contributed by atoms with E-state index >= 15 is 0 Å². The molecule has 2 aromatic carbocycles. The van der Waals surface area contributed by atoms with Crippen LogP contribution in [0.5, 0.6) is 0 Å². The van der Waals surface area contributed by atoms with Crippen molar-refractivity contribution in [2.45, 2.75) is 18.6 Å². The fourth-order valence-electron chi connectivity index (χ4n) is 3.13. The highest BCUT2D eigenvalue weighted by molar-refractivity contribution is 7.99. The number of amides is 1. The van der Waals surface area contributed by atoms with Crippen LogP contribution in [-0.2, 0) is 11.3 Å². The third kappa shape index (κ3) is 4.56. The van der Waals surface area contributed by atoms with Crippen molar-refractivity contribution >= 4 is 44.9 Å². The molecule has 0 atom stereocenters. The number of rotatable bonds is 7. The summed E-state index contributed by atoms with van der Waals surface area (Å²) in [4.78, 5) is 17.1. The molecule has 5 rings (SSSR count). The summed E-state index contributed by atoms with van der Waals surface area (Å²) in [5.41, 5.74) is 3.97. The molecule has 0 saturated heterocycles. The van der Waals surface area contributed by atoms with Crippen LogP contribution in [-0.4, -0.2) is 36.9 Å². The summed E-state index contributed by atoms with van der Waals surface area (Å²) >= 11 is 2.93.